The topological polar surface area (TPSA) is 102 Å². The van der Waals surface area contributed by atoms with Crippen LogP contribution in [0.25, 0.3) is 0 Å². The molecule has 0 saturated carbocycles. The van der Waals surface area contributed by atoms with Crippen molar-refractivity contribution in [1.29, 1.82) is 0 Å². The number of carbonyl (C=O) groups excluding carboxylic acids is 2. The minimum atomic E-state index is -1.04. The maximum absolute atomic E-state index is 13.3. The molecule has 2 aromatic rings. The van der Waals surface area contributed by atoms with Gasteiger partial charge in [-0.15, -0.1) is 0 Å². The molecule has 3 rings (SSSR count). The third-order valence-electron chi connectivity index (χ3n) is 6.44. The van der Waals surface area contributed by atoms with E-state index in [0.717, 1.165) is 49.2 Å². The molecule has 0 spiro atoms. The van der Waals surface area contributed by atoms with E-state index in [0.29, 0.717) is 16.6 Å². The fourth-order valence-electron chi connectivity index (χ4n) is 4.33. The maximum Gasteiger partial charge on any atom is 0.303 e. The van der Waals surface area contributed by atoms with Crippen LogP contribution in [0.3, 0.4) is 0 Å². The van der Waals surface area contributed by atoms with Crippen molar-refractivity contribution in [2.45, 2.75) is 44.7 Å². The zero-order valence-corrected chi connectivity index (χ0v) is 23.5. The van der Waals surface area contributed by atoms with Crippen LogP contribution < -0.4 is 10.6 Å². The number of aliphatic carboxylic acids is 1. The SMILES string of the molecule is CN(C(=O)Cc1ccc(Cl)c(Cl)c1)C(CN1CCCC1)c1cccc(CNC(=S)NC(=O)CCC(=O)O)c1. The van der Waals surface area contributed by atoms with E-state index in [1.54, 1.807) is 17.0 Å². The number of carboxylic acid groups (broad SMARTS) is 1. The number of hydrogen-bond donors (Lipinski definition) is 3. The Hall–Kier alpha value is -2.72. The zero-order chi connectivity index (χ0) is 27.7. The van der Waals surface area contributed by atoms with Crippen LogP contribution in [-0.4, -0.2) is 64.5 Å². The lowest BCUT2D eigenvalue weighted by molar-refractivity contribution is -0.138. The molecule has 0 aliphatic carbocycles. The zero-order valence-electron chi connectivity index (χ0n) is 21.2. The Morgan fingerprint density at radius 2 is 1.79 bits per heavy atom. The molecule has 204 valence electrons. The van der Waals surface area contributed by atoms with Crippen LogP contribution in [-0.2, 0) is 27.3 Å². The van der Waals surface area contributed by atoms with Crippen LogP contribution in [0.2, 0.25) is 10.0 Å². The molecule has 1 fully saturated rings. The predicted octanol–water partition coefficient (Wildman–Crippen LogP) is 4.19. The number of rotatable bonds is 11. The van der Waals surface area contributed by atoms with Crippen LogP contribution in [0.15, 0.2) is 42.5 Å². The van der Waals surface area contributed by atoms with E-state index in [1.807, 2.05) is 37.4 Å². The number of carboxylic acids is 1. The van der Waals surface area contributed by atoms with Gasteiger partial charge in [0.05, 0.1) is 28.9 Å². The molecule has 0 bridgehead atoms. The summed E-state index contributed by atoms with van der Waals surface area (Å²) < 4.78 is 0. The van der Waals surface area contributed by atoms with Crippen molar-refractivity contribution in [3.05, 3.63) is 69.2 Å². The van der Waals surface area contributed by atoms with Crippen LogP contribution in [0.5, 0.6) is 0 Å². The first-order valence-electron chi connectivity index (χ1n) is 12.4. The van der Waals surface area contributed by atoms with Crippen molar-refractivity contribution < 1.29 is 19.5 Å². The molecule has 11 heteroatoms. The number of thiocarbonyl (C=S) groups is 1. The first kappa shape index (κ1) is 29.8. The van der Waals surface area contributed by atoms with E-state index < -0.39 is 11.9 Å². The average Bonchev–Trinajstić information content (AvgIpc) is 3.40. The van der Waals surface area contributed by atoms with Gasteiger partial charge >= 0.3 is 5.97 Å². The Morgan fingerprint density at radius 3 is 2.47 bits per heavy atom. The number of benzene rings is 2. The fraction of sp³-hybridized carbons (Fsp3) is 0.407. The molecule has 38 heavy (non-hydrogen) atoms. The van der Waals surface area contributed by atoms with E-state index in [-0.39, 0.29) is 36.3 Å². The molecule has 2 aromatic carbocycles. The summed E-state index contributed by atoms with van der Waals surface area (Å²) >= 11 is 17.4. The lowest BCUT2D eigenvalue weighted by Crippen LogP contribution is -2.39. The van der Waals surface area contributed by atoms with Crippen molar-refractivity contribution in [1.82, 2.24) is 20.4 Å². The second kappa shape index (κ2) is 14.4. The third kappa shape index (κ3) is 9.23. The van der Waals surface area contributed by atoms with E-state index in [2.05, 4.69) is 15.5 Å². The Kier molecular flexibility index (Phi) is 11.3. The molecule has 0 aromatic heterocycles. The standard InChI is InChI=1S/C27H32Cl2N4O4S/c1-32(25(35)15-18-7-8-21(28)22(29)14-18)23(17-33-11-2-3-12-33)20-6-4-5-19(13-20)16-30-27(38)31-24(34)9-10-26(36)37/h4-8,13-14,23H,2-3,9-12,15-17H2,1H3,(H,36,37)(H2,30,31,34,38). The Balaban J connectivity index is 1.69. The quantitative estimate of drug-likeness (QED) is 0.344. The number of amides is 2. The molecule has 1 aliphatic heterocycles. The number of hydrogen-bond acceptors (Lipinski definition) is 5. The number of halogens is 2. The number of nitrogens with zero attached hydrogens (tertiary/aromatic N) is 2. The van der Waals surface area contributed by atoms with Crippen LogP contribution in [0.4, 0.5) is 0 Å². The van der Waals surface area contributed by atoms with E-state index >= 15 is 0 Å². The highest BCUT2D eigenvalue weighted by Gasteiger charge is 2.26. The summed E-state index contributed by atoms with van der Waals surface area (Å²) in [5, 5.41) is 15.2. The van der Waals surface area contributed by atoms with E-state index in [1.165, 1.54) is 0 Å². The van der Waals surface area contributed by atoms with Crippen LogP contribution in [0.1, 0.15) is 48.4 Å². The summed E-state index contributed by atoms with van der Waals surface area (Å²) in [5.74, 6) is -1.52. The molecule has 3 N–H and O–H groups in total. The van der Waals surface area contributed by atoms with Gasteiger partial charge in [0.15, 0.2) is 5.11 Å². The lowest BCUT2D eigenvalue weighted by Gasteiger charge is -2.32. The summed E-state index contributed by atoms with van der Waals surface area (Å²) in [6, 6.07) is 13.0. The van der Waals surface area contributed by atoms with E-state index in [9.17, 15) is 14.4 Å². The average molecular weight is 580 g/mol. The van der Waals surface area contributed by atoms with E-state index in [4.69, 9.17) is 40.5 Å². The van der Waals surface area contributed by atoms with Gasteiger partial charge in [-0.1, -0.05) is 53.5 Å². The molecular weight excluding hydrogens is 547 g/mol. The summed E-state index contributed by atoms with van der Waals surface area (Å²) in [6.45, 7) is 3.09. The second-order valence-electron chi connectivity index (χ2n) is 9.32. The minimum absolute atomic E-state index is 0.0265. The molecule has 1 heterocycles. The normalized spacial score (nSPS) is 14.1. The van der Waals surface area contributed by atoms with Crippen molar-refractivity contribution in [3.63, 3.8) is 0 Å². The van der Waals surface area contributed by atoms with Crippen molar-refractivity contribution in [2.75, 3.05) is 26.7 Å². The Labute approximate surface area is 238 Å². The molecule has 1 aliphatic rings. The third-order valence-corrected chi connectivity index (χ3v) is 7.42. The van der Waals surface area contributed by atoms with Gasteiger partial charge in [0.1, 0.15) is 0 Å². The molecular formula is C27H32Cl2N4O4S. The van der Waals surface area contributed by atoms with Gasteiger partial charge in [0, 0.05) is 26.6 Å². The van der Waals surface area contributed by atoms with Crippen molar-refractivity contribution >= 4 is 58.3 Å². The smallest absolute Gasteiger partial charge is 0.303 e. The summed E-state index contributed by atoms with van der Waals surface area (Å²) in [6.07, 6.45) is 2.10. The predicted molar refractivity (Wildman–Crippen MR) is 152 cm³/mol. The lowest BCUT2D eigenvalue weighted by atomic mass is 10.0. The van der Waals surface area contributed by atoms with Crippen LogP contribution in [0, 0.1) is 0 Å². The van der Waals surface area contributed by atoms with Crippen LogP contribution >= 0.6 is 35.4 Å². The first-order valence-corrected chi connectivity index (χ1v) is 13.6. The molecule has 1 atom stereocenters. The van der Waals surface area contributed by atoms with Gasteiger partial charge in [-0.25, -0.2) is 0 Å². The largest absolute Gasteiger partial charge is 0.481 e. The van der Waals surface area contributed by atoms with Gasteiger partial charge in [0.25, 0.3) is 0 Å². The van der Waals surface area contributed by atoms with Gasteiger partial charge < -0.3 is 25.5 Å². The molecule has 8 nitrogen and oxygen atoms in total. The number of likely N-dealkylation sites (tertiary alicyclic amines) is 1. The molecule has 1 saturated heterocycles. The van der Waals surface area contributed by atoms with Gasteiger partial charge in [-0.05, 0) is 67.0 Å². The minimum Gasteiger partial charge on any atom is -0.481 e. The van der Waals surface area contributed by atoms with Crippen molar-refractivity contribution in [3.8, 4) is 0 Å². The number of likely N-dealkylation sites (N-methyl/N-ethyl adjacent to an activating group) is 1. The monoisotopic (exact) mass is 578 g/mol. The number of carbonyl (C=O) groups is 3. The Morgan fingerprint density at radius 1 is 1.05 bits per heavy atom. The Bertz CT molecular complexity index is 1170. The molecule has 2 amide bonds. The molecule has 0 radical (unpaired) electrons. The van der Waals surface area contributed by atoms with Crippen molar-refractivity contribution in [2.24, 2.45) is 0 Å². The highest BCUT2D eigenvalue weighted by Crippen LogP contribution is 2.26. The van der Waals surface area contributed by atoms with Gasteiger partial charge in [0.2, 0.25) is 11.8 Å². The molecule has 1 unspecified atom stereocenters. The maximum atomic E-state index is 13.3. The summed E-state index contributed by atoms with van der Waals surface area (Å²) in [4.78, 5) is 39.9. The highest BCUT2D eigenvalue weighted by atomic mass is 35.5. The first-order chi connectivity index (χ1) is 18.1. The fourth-order valence-corrected chi connectivity index (χ4v) is 4.84. The highest BCUT2D eigenvalue weighted by molar-refractivity contribution is 7.80. The van der Waals surface area contributed by atoms with Gasteiger partial charge in [-0.2, -0.15) is 0 Å². The summed E-state index contributed by atoms with van der Waals surface area (Å²) in [5.41, 5.74) is 2.73. The summed E-state index contributed by atoms with van der Waals surface area (Å²) in [7, 11) is 1.83. The number of nitrogens with one attached hydrogen (secondary N) is 2. The second-order valence-corrected chi connectivity index (χ2v) is 10.5. The van der Waals surface area contributed by atoms with Gasteiger partial charge in [-0.3, -0.25) is 14.4 Å².